The highest BCUT2D eigenvalue weighted by molar-refractivity contribution is 5.83. The maximum Gasteiger partial charge on any atom is 0.252 e. The molecule has 0 saturated carbocycles. The van der Waals surface area contributed by atoms with Crippen LogP contribution in [0.2, 0.25) is 0 Å². The molecule has 9 heteroatoms. The number of hydrogen-bond acceptors (Lipinski definition) is 6. The summed E-state index contributed by atoms with van der Waals surface area (Å²) in [7, 11) is 0. The van der Waals surface area contributed by atoms with Crippen LogP contribution in [0.15, 0.2) is 47.3 Å². The van der Waals surface area contributed by atoms with Gasteiger partial charge in [0, 0.05) is 25.3 Å². The molecule has 1 fully saturated rings. The number of nitrogens with zero attached hydrogens (tertiary/aromatic N) is 5. The van der Waals surface area contributed by atoms with Gasteiger partial charge >= 0.3 is 0 Å². The van der Waals surface area contributed by atoms with E-state index in [4.69, 9.17) is 4.74 Å². The standard InChI is InChI=1S/C26H29FN6O2/c1-17-5-8-20-12-21(26(34)28-25(20)18(17)2)14-32(15-23-4-3-11-35-23)16-24-29-30-31-33(24)13-19-6-9-22(27)10-7-19/h5-10,12,23H,3-4,11,13-16H2,1-2H3,(H,28,34)/t23-/m1/s1. The van der Waals surface area contributed by atoms with E-state index in [9.17, 15) is 9.18 Å². The molecule has 0 unspecified atom stereocenters. The van der Waals surface area contributed by atoms with Crippen LogP contribution in [0, 0.1) is 19.7 Å². The molecule has 1 saturated heterocycles. The molecule has 0 amide bonds. The fraction of sp³-hybridized carbons (Fsp3) is 0.385. The van der Waals surface area contributed by atoms with Gasteiger partial charge in [-0.1, -0.05) is 24.3 Å². The van der Waals surface area contributed by atoms with Crippen molar-refractivity contribution in [3.05, 3.63) is 86.7 Å². The lowest BCUT2D eigenvalue weighted by atomic mass is 10.0. The summed E-state index contributed by atoms with van der Waals surface area (Å²) in [5, 5.41) is 13.3. The number of aryl methyl sites for hydroxylation is 2. The van der Waals surface area contributed by atoms with Crippen LogP contribution in [0.3, 0.4) is 0 Å². The molecule has 8 nitrogen and oxygen atoms in total. The van der Waals surface area contributed by atoms with Gasteiger partial charge in [-0.2, -0.15) is 0 Å². The Labute approximate surface area is 202 Å². The zero-order valence-electron chi connectivity index (χ0n) is 20.0. The first-order valence-electron chi connectivity index (χ1n) is 11.9. The number of tetrazole rings is 1. The quantitative estimate of drug-likeness (QED) is 0.419. The lowest BCUT2D eigenvalue weighted by Crippen LogP contribution is -2.34. The van der Waals surface area contributed by atoms with Gasteiger partial charge in [-0.15, -0.1) is 5.10 Å². The van der Waals surface area contributed by atoms with Crippen molar-refractivity contribution in [1.82, 2.24) is 30.1 Å². The number of H-pyrrole nitrogens is 1. The van der Waals surface area contributed by atoms with Crippen molar-refractivity contribution in [1.29, 1.82) is 0 Å². The number of fused-ring (bicyclic) bond motifs is 1. The fourth-order valence-corrected chi connectivity index (χ4v) is 4.61. The number of nitrogens with one attached hydrogen (secondary N) is 1. The van der Waals surface area contributed by atoms with Crippen LogP contribution in [0.5, 0.6) is 0 Å². The summed E-state index contributed by atoms with van der Waals surface area (Å²) >= 11 is 0. The van der Waals surface area contributed by atoms with Crippen molar-refractivity contribution in [2.45, 2.75) is 52.4 Å². The first kappa shape index (κ1) is 23.3. The minimum Gasteiger partial charge on any atom is -0.377 e. The first-order chi connectivity index (χ1) is 17.0. The van der Waals surface area contributed by atoms with Gasteiger partial charge in [0.25, 0.3) is 5.56 Å². The number of aromatic amines is 1. The average Bonchev–Trinajstić information content (AvgIpc) is 3.51. The summed E-state index contributed by atoms with van der Waals surface area (Å²) in [5.74, 6) is 0.399. The highest BCUT2D eigenvalue weighted by Crippen LogP contribution is 2.21. The molecular weight excluding hydrogens is 447 g/mol. The van der Waals surface area contributed by atoms with Gasteiger partial charge in [-0.25, -0.2) is 9.07 Å². The summed E-state index contributed by atoms with van der Waals surface area (Å²) in [6, 6.07) is 12.4. The summed E-state index contributed by atoms with van der Waals surface area (Å²) in [5.41, 5.74) is 4.62. The van der Waals surface area contributed by atoms with E-state index in [0.29, 0.717) is 37.6 Å². The van der Waals surface area contributed by atoms with Crippen LogP contribution in [-0.2, 0) is 24.4 Å². The van der Waals surface area contributed by atoms with Crippen LogP contribution >= 0.6 is 0 Å². The highest BCUT2D eigenvalue weighted by Gasteiger charge is 2.22. The number of pyridine rings is 1. The van der Waals surface area contributed by atoms with Crippen LogP contribution in [0.1, 0.15) is 40.9 Å². The fourth-order valence-electron chi connectivity index (χ4n) is 4.61. The van der Waals surface area contributed by atoms with E-state index in [1.807, 2.05) is 26.0 Å². The van der Waals surface area contributed by atoms with E-state index >= 15 is 0 Å². The summed E-state index contributed by atoms with van der Waals surface area (Å²) in [6.45, 7) is 6.84. The van der Waals surface area contributed by atoms with Crippen molar-refractivity contribution >= 4 is 10.9 Å². The highest BCUT2D eigenvalue weighted by atomic mass is 19.1. The summed E-state index contributed by atoms with van der Waals surface area (Å²) < 4.78 is 20.9. The smallest absolute Gasteiger partial charge is 0.252 e. The maximum absolute atomic E-state index is 13.3. The molecule has 3 heterocycles. The lowest BCUT2D eigenvalue weighted by Gasteiger charge is -2.24. The normalized spacial score (nSPS) is 15.9. The van der Waals surface area contributed by atoms with Crippen molar-refractivity contribution in [3.63, 3.8) is 0 Å². The average molecular weight is 477 g/mol. The molecule has 0 aliphatic carbocycles. The van der Waals surface area contributed by atoms with Crippen molar-refractivity contribution < 1.29 is 9.13 Å². The number of rotatable bonds is 8. The maximum atomic E-state index is 13.3. The van der Waals surface area contributed by atoms with Gasteiger partial charge in [0.05, 0.1) is 24.7 Å². The molecule has 2 aromatic carbocycles. The number of hydrogen-bond donors (Lipinski definition) is 1. The summed E-state index contributed by atoms with van der Waals surface area (Å²) in [6.07, 6.45) is 2.14. The molecule has 1 N–H and O–H groups in total. The van der Waals surface area contributed by atoms with Crippen LogP contribution in [-0.4, -0.2) is 49.3 Å². The number of ether oxygens (including phenoxy) is 1. The Morgan fingerprint density at radius 3 is 2.77 bits per heavy atom. The van der Waals surface area contributed by atoms with E-state index in [-0.39, 0.29) is 17.5 Å². The molecule has 35 heavy (non-hydrogen) atoms. The van der Waals surface area contributed by atoms with E-state index in [2.05, 4.69) is 31.5 Å². The third-order valence-electron chi connectivity index (χ3n) is 6.72. The Kier molecular flexibility index (Phi) is 6.70. The molecule has 0 radical (unpaired) electrons. The Morgan fingerprint density at radius 2 is 2.00 bits per heavy atom. The third kappa shape index (κ3) is 5.31. The van der Waals surface area contributed by atoms with E-state index in [1.54, 1.807) is 16.8 Å². The second-order valence-electron chi connectivity index (χ2n) is 9.28. The minimum atomic E-state index is -0.278. The molecular formula is C26H29FN6O2. The molecule has 0 bridgehead atoms. The van der Waals surface area contributed by atoms with Gasteiger partial charge < -0.3 is 9.72 Å². The van der Waals surface area contributed by atoms with Crippen molar-refractivity contribution in [2.75, 3.05) is 13.2 Å². The molecule has 4 aromatic rings. The number of aromatic nitrogens is 5. The van der Waals surface area contributed by atoms with Crippen LogP contribution in [0.25, 0.3) is 10.9 Å². The monoisotopic (exact) mass is 476 g/mol. The topological polar surface area (TPSA) is 88.9 Å². The zero-order chi connectivity index (χ0) is 24.4. The van der Waals surface area contributed by atoms with Gasteiger partial charge in [0.15, 0.2) is 5.82 Å². The Balaban J connectivity index is 1.40. The molecule has 1 aliphatic heterocycles. The first-order valence-corrected chi connectivity index (χ1v) is 11.9. The van der Waals surface area contributed by atoms with Crippen LogP contribution in [0.4, 0.5) is 4.39 Å². The Morgan fingerprint density at radius 1 is 1.17 bits per heavy atom. The van der Waals surface area contributed by atoms with Gasteiger partial charge in [-0.3, -0.25) is 9.69 Å². The molecule has 1 atom stereocenters. The van der Waals surface area contributed by atoms with Crippen molar-refractivity contribution in [2.24, 2.45) is 0 Å². The second kappa shape index (κ2) is 10.1. The summed E-state index contributed by atoms with van der Waals surface area (Å²) in [4.78, 5) is 18.3. The predicted octanol–water partition coefficient (Wildman–Crippen LogP) is 3.50. The van der Waals surface area contributed by atoms with E-state index < -0.39 is 0 Å². The van der Waals surface area contributed by atoms with E-state index in [0.717, 1.165) is 47.0 Å². The van der Waals surface area contributed by atoms with E-state index in [1.165, 1.54) is 12.1 Å². The number of halogens is 1. The zero-order valence-corrected chi connectivity index (χ0v) is 20.0. The van der Waals surface area contributed by atoms with Crippen LogP contribution < -0.4 is 5.56 Å². The second-order valence-corrected chi connectivity index (χ2v) is 9.28. The predicted molar refractivity (Wildman–Crippen MR) is 130 cm³/mol. The van der Waals surface area contributed by atoms with Crippen molar-refractivity contribution in [3.8, 4) is 0 Å². The molecule has 1 aliphatic rings. The molecule has 2 aromatic heterocycles. The van der Waals surface area contributed by atoms with Gasteiger partial charge in [0.1, 0.15) is 5.82 Å². The molecule has 5 rings (SSSR count). The largest absolute Gasteiger partial charge is 0.377 e. The van der Waals surface area contributed by atoms with Gasteiger partial charge in [0.2, 0.25) is 0 Å². The number of benzene rings is 2. The SMILES string of the molecule is Cc1ccc2cc(CN(Cc3nnnn3Cc3ccc(F)cc3)C[C@H]3CCCO3)c(=O)[nH]c2c1C. The third-order valence-corrected chi connectivity index (χ3v) is 6.72. The molecule has 0 spiro atoms. The Bertz CT molecular complexity index is 1380. The Hall–Kier alpha value is -3.43. The molecule has 182 valence electrons. The van der Waals surface area contributed by atoms with Gasteiger partial charge in [-0.05, 0) is 77.4 Å². The minimum absolute atomic E-state index is 0.0885. The lowest BCUT2D eigenvalue weighted by molar-refractivity contribution is 0.0663.